The van der Waals surface area contributed by atoms with Crippen LogP contribution < -0.4 is 11.5 Å². The lowest BCUT2D eigenvalue weighted by molar-refractivity contribution is 0.735. The van der Waals surface area contributed by atoms with E-state index in [2.05, 4.69) is 26.3 Å². The molecule has 0 saturated carbocycles. The average molecular weight is 343 g/mol. The first kappa shape index (κ1) is 17.0. The summed E-state index contributed by atoms with van der Waals surface area (Å²) in [6.45, 7) is 1.89. The second kappa shape index (κ2) is 7.40. The van der Waals surface area contributed by atoms with E-state index in [1.807, 2.05) is 31.2 Å². The SMILES string of the molecule is CC(N=Nc1cc(-c2cccc(C#N)c2)nc(N)c1N)c1ccccn1. The third kappa shape index (κ3) is 3.65. The largest absolute Gasteiger partial charge is 0.394 e. The standard InChI is InChI=1S/C19H17N7/c1-12(15-7-2-3-8-23-15)25-26-17-10-16(24-19(22)18(17)21)14-6-4-5-13(9-14)11-20/h2-10,12H,21H2,1H3,(H2,22,24). The molecule has 0 saturated heterocycles. The minimum absolute atomic E-state index is 0.171. The van der Waals surface area contributed by atoms with Crippen LogP contribution in [0.25, 0.3) is 11.3 Å². The topological polar surface area (TPSA) is 126 Å². The number of pyridine rings is 2. The highest BCUT2D eigenvalue weighted by Crippen LogP contribution is 2.33. The molecule has 0 bridgehead atoms. The second-order valence-electron chi connectivity index (χ2n) is 5.66. The van der Waals surface area contributed by atoms with Crippen LogP contribution in [0, 0.1) is 11.3 Å². The predicted octanol–water partition coefficient (Wildman–Crippen LogP) is 4.02. The van der Waals surface area contributed by atoms with Gasteiger partial charge in [0.2, 0.25) is 0 Å². The molecule has 0 amide bonds. The van der Waals surface area contributed by atoms with E-state index in [4.69, 9.17) is 16.7 Å². The number of azo groups is 1. The lowest BCUT2D eigenvalue weighted by Crippen LogP contribution is -2.00. The molecule has 0 radical (unpaired) electrons. The van der Waals surface area contributed by atoms with Crippen LogP contribution in [0.2, 0.25) is 0 Å². The van der Waals surface area contributed by atoms with E-state index in [0.29, 0.717) is 16.9 Å². The number of nitrogens with zero attached hydrogens (tertiary/aromatic N) is 5. The van der Waals surface area contributed by atoms with Gasteiger partial charge in [-0.15, -0.1) is 0 Å². The Morgan fingerprint density at radius 2 is 1.96 bits per heavy atom. The van der Waals surface area contributed by atoms with E-state index in [1.165, 1.54) is 0 Å². The summed E-state index contributed by atoms with van der Waals surface area (Å²) in [6.07, 6.45) is 1.71. The number of rotatable bonds is 4. The molecule has 0 fully saturated rings. The molecule has 0 aliphatic carbocycles. The van der Waals surface area contributed by atoms with Crippen molar-refractivity contribution in [3.63, 3.8) is 0 Å². The Balaban J connectivity index is 1.96. The fourth-order valence-corrected chi connectivity index (χ4v) is 2.37. The number of nitrogen functional groups attached to an aromatic ring is 2. The van der Waals surface area contributed by atoms with E-state index >= 15 is 0 Å². The number of nitriles is 1. The Bertz CT molecular complexity index is 991. The van der Waals surface area contributed by atoms with Crippen LogP contribution in [-0.2, 0) is 0 Å². The molecule has 3 aromatic rings. The van der Waals surface area contributed by atoms with Gasteiger partial charge in [0.25, 0.3) is 0 Å². The van der Waals surface area contributed by atoms with Gasteiger partial charge in [-0.2, -0.15) is 15.5 Å². The zero-order valence-corrected chi connectivity index (χ0v) is 14.2. The molecule has 7 heteroatoms. The van der Waals surface area contributed by atoms with E-state index in [1.54, 1.807) is 30.5 Å². The number of aromatic nitrogens is 2. The normalized spacial score (nSPS) is 12.0. The fraction of sp³-hybridized carbons (Fsp3) is 0.105. The quantitative estimate of drug-likeness (QED) is 0.692. The summed E-state index contributed by atoms with van der Waals surface area (Å²) in [5.41, 5.74) is 15.3. The van der Waals surface area contributed by atoms with Gasteiger partial charge in [0, 0.05) is 11.8 Å². The lowest BCUT2D eigenvalue weighted by atomic mass is 10.1. The Morgan fingerprint density at radius 3 is 2.69 bits per heavy atom. The second-order valence-corrected chi connectivity index (χ2v) is 5.66. The van der Waals surface area contributed by atoms with Gasteiger partial charge < -0.3 is 11.5 Å². The van der Waals surface area contributed by atoms with Crippen molar-refractivity contribution in [2.75, 3.05) is 11.5 Å². The van der Waals surface area contributed by atoms with Gasteiger partial charge in [-0.25, -0.2) is 4.98 Å². The zero-order chi connectivity index (χ0) is 18.5. The van der Waals surface area contributed by atoms with Crippen molar-refractivity contribution in [1.82, 2.24) is 9.97 Å². The molecule has 1 atom stereocenters. The molecular formula is C19H17N7. The molecule has 2 aromatic heterocycles. The summed E-state index contributed by atoms with van der Waals surface area (Å²) in [7, 11) is 0. The van der Waals surface area contributed by atoms with Crippen LogP contribution in [0.5, 0.6) is 0 Å². The third-order valence-corrected chi connectivity index (χ3v) is 3.81. The highest BCUT2D eigenvalue weighted by Gasteiger charge is 2.11. The summed E-state index contributed by atoms with van der Waals surface area (Å²) in [5, 5.41) is 17.6. The summed E-state index contributed by atoms with van der Waals surface area (Å²) < 4.78 is 0. The first-order valence-electron chi connectivity index (χ1n) is 7.97. The van der Waals surface area contributed by atoms with E-state index in [0.717, 1.165) is 11.3 Å². The molecular weight excluding hydrogens is 326 g/mol. The fourth-order valence-electron chi connectivity index (χ4n) is 2.37. The molecule has 1 aromatic carbocycles. The van der Waals surface area contributed by atoms with Gasteiger partial charge in [0.15, 0.2) is 0 Å². The van der Waals surface area contributed by atoms with E-state index < -0.39 is 0 Å². The van der Waals surface area contributed by atoms with Crippen molar-refractivity contribution < 1.29 is 0 Å². The van der Waals surface area contributed by atoms with Crippen molar-refractivity contribution in [3.05, 3.63) is 66.0 Å². The molecule has 0 aliphatic heterocycles. The molecule has 26 heavy (non-hydrogen) atoms. The summed E-state index contributed by atoms with van der Waals surface area (Å²) in [5.74, 6) is 0.171. The maximum atomic E-state index is 9.06. The molecule has 1 unspecified atom stereocenters. The van der Waals surface area contributed by atoms with Crippen LogP contribution in [0.15, 0.2) is 65.0 Å². The molecule has 4 N–H and O–H groups in total. The summed E-state index contributed by atoms with van der Waals surface area (Å²) in [4.78, 5) is 8.56. The molecule has 0 aliphatic rings. The maximum Gasteiger partial charge on any atom is 0.149 e. The number of hydrogen-bond donors (Lipinski definition) is 2. The predicted molar refractivity (Wildman–Crippen MR) is 100 cm³/mol. The van der Waals surface area contributed by atoms with Crippen LogP contribution in [-0.4, -0.2) is 9.97 Å². The molecule has 0 spiro atoms. The Morgan fingerprint density at radius 1 is 1.12 bits per heavy atom. The first-order chi connectivity index (χ1) is 12.6. The van der Waals surface area contributed by atoms with E-state index in [-0.39, 0.29) is 17.5 Å². The zero-order valence-electron chi connectivity index (χ0n) is 14.2. The van der Waals surface area contributed by atoms with Crippen molar-refractivity contribution >= 4 is 17.2 Å². The minimum Gasteiger partial charge on any atom is -0.394 e. The lowest BCUT2D eigenvalue weighted by Gasteiger charge is -2.08. The minimum atomic E-state index is -0.227. The molecule has 7 nitrogen and oxygen atoms in total. The van der Waals surface area contributed by atoms with Crippen LogP contribution in [0.3, 0.4) is 0 Å². The number of hydrogen-bond acceptors (Lipinski definition) is 7. The van der Waals surface area contributed by atoms with Crippen molar-refractivity contribution in [2.24, 2.45) is 10.2 Å². The van der Waals surface area contributed by atoms with Crippen LogP contribution in [0.1, 0.15) is 24.2 Å². The average Bonchev–Trinajstić information content (AvgIpc) is 2.69. The highest BCUT2D eigenvalue weighted by molar-refractivity contribution is 5.79. The van der Waals surface area contributed by atoms with Gasteiger partial charge >= 0.3 is 0 Å². The Labute approximate surface area is 151 Å². The van der Waals surface area contributed by atoms with Gasteiger partial charge in [0.1, 0.15) is 23.2 Å². The smallest absolute Gasteiger partial charge is 0.149 e. The van der Waals surface area contributed by atoms with Crippen molar-refractivity contribution in [3.8, 4) is 17.3 Å². The number of anilines is 2. The van der Waals surface area contributed by atoms with Gasteiger partial charge in [0.05, 0.1) is 23.0 Å². The number of benzene rings is 1. The van der Waals surface area contributed by atoms with E-state index in [9.17, 15) is 0 Å². The molecule has 128 valence electrons. The van der Waals surface area contributed by atoms with Gasteiger partial charge in [-0.3, -0.25) is 4.98 Å². The Kier molecular flexibility index (Phi) is 4.85. The first-order valence-corrected chi connectivity index (χ1v) is 7.97. The van der Waals surface area contributed by atoms with Gasteiger partial charge in [-0.1, -0.05) is 18.2 Å². The van der Waals surface area contributed by atoms with Crippen LogP contribution in [0.4, 0.5) is 17.2 Å². The van der Waals surface area contributed by atoms with Crippen molar-refractivity contribution in [1.29, 1.82) is 5.26 Å². The van der Waals surface area contributed by atoms with Gasteiger partial charge in [-0.05, 0) is 37.3 Å². The summed E-state index contributed by atoms with van der Waals surface area (Å²) >= 11 is 0. The highest BCUT2D eigenvalue weighted by atomic mass is 15.1. The summed E-state index contributed by atoms with van der Waals surface area (Å²) in [6, 6.07) is 16.3. The monoisotopic (exact) mass is 343 g/mol. The third-order valence-electron chi connectivity index (χ3n) is 3.81. The maximum absolute atomic E-state index is 9.06. The van der Waals surface area contributed by atoms with Crippen LogP contribution >= 0.6 is 0 Å². The Hall–Kier alpha value is -3.79. The van der Waals surface area contributed by atoms with Crippen molar-refractivity contribution in [2.45, 2.75) is 13.0 Å². The molecule has 3 rings (SSSR count). The molecule has 2 heterocycles. The number of nitrogens with two attached hydrogens (primary N) is 2.